The molecule has 0 bridgehead atoms. The Morgan fingerprint density at radius 1 is 1.27 bits per heavy atom. The van der Waals surface area contributed by atoms with Crippen molar-refractivity contribution in [3.8, 4) is 0 Å². The molecule has 1 N–H and O–H groups in total. The topological polar surface area (TPSA) is 36.3 Å². The van der Waals surface area contributed by atoms with E-state index in [2.05, 4.69) is 71.8 Å². The van der Waals surface area contributed by atoms with Gasteiger partial charge in [-0.15, -0.1) is 0 Å². The quantitative estimate of drug-likeness (QED) is 0.790. The van der Waals surface area contributed by atoms with Crippen LogP contribution in [0.15, 0.2) is 30.5 Å². The summed E-state index contributed by atoms with van der Waals surface area (Å²) in [5.74, 6) is 0. The lowest BCUT2D eigenvalue weighted by atomic mass is 9.96. The molecule has 1 fully saturated rings. The minimum atomic E-state index is 0.0727. The van der Waals surface area contributed by atoms with Crippen molar-refractivity contribution in [2.24, 2.45) is 7.05 Å². The number of nitrogens with one attached hydrogen (secondary N) is 1. The van der Waals surface area contributed by atoms with E-state index in [0.29, 0.717) is 0 Å². The predicted octanol–water partition coefficient (Wildman–Crippen LogP) is 2.96. The SMILES string of the molecule is Cc1cc([C@@H]2[C@H](c3ccccn3)NC(=S)N2CCCN(C)C)c(C)n1C. The van der Waals surface area contributed by atoms with Gasteiger partial charge in [0.1, 0.15) is 0 Å². The third-order valence-corrected chi connectivity index (χ3v) is 5.69. The molecule has 6 heteroatoms. The third kappa shape index (κ3) is 3.62. The van der Waals surface area contributed by atoms with Crippen LogP contribution >= 0.6 is 12.2 Å². The van der Waals surface area contributed by atoms with Gasteiger partial charge < -0.3 is 19.7 Å². The minimum Gasteiger partial charge on any atom is -0.352 e. The number of thiocarbonyl (C=S) groups is 1. The maximum absolute atomic E-state index is 5.72. The number of aromatic nitrogens is 2. The number of pyridine rings is 1. The summed E-state index contributed by atoms with van der Waals surface area (Å²) >= 11 is 5.72. The van der Waals surface area contributed by atoms with Gasteiger partial charge in [-0.3, -0.25) is 4.98 Å². The number of hydrogen-bond acceptors (Lipinski definition) is 3. The molecular formula is C20H29N5S. The fourth-order valence-electron chi connectivity index (χ4n) is 3.73. The van der Waals surface area contributed by atoms with Crippen molar-refractivity contribution in [1.82, 2.24) is 24.7 Å². The van der Waals surface area contributed by atoms with Crippen molar-refractivity contribution >= 4 is 17.3 Å². The molecule has 0 saturated carbocycles. The van der Waals surface area contributed by atoms with Crippen molar-refractivity contribution < 1.29 is 0 Å². The molecule has 3 heterocycles. The number of hydrogen-bond donors (Lipinski definition) is 1. The van der Waals surface area contributed by atoms with E-state index in [1.165, 1.54) is 17.0 Å². The zero-order valence-corrected chi connectivity index (χ0v) is 17.2. The Labute approximate surface area is 162 Å². The van der Waals surface area contributed by atoms with Gasteiger partial charge in [0.25, 0.3) is 0 Å². The minimum absolute atomic E-state index is 0.0727. The van der Waals surface area contributed by atoms with Gasteiger partial charge in [-0.05, 0) is 76.9 Å². The molecule has 0 radical (unpaired) electrons. The molecule has 2 aromatic rings. The molecule has 1 aliphatic heterocycles. The van der Waals surface area contributed by atoms with E-state index >= 15 is 0 Å². The first-order valence-electron chi connectivity index (χ1n) is 9.15. The lowest BCUT2D eigenvalue weighted by Crippen LogP contribution is -2.32. The lowest BCUT2D eigenvalue weighted by Gasteiger charge is -2.28. The number of aryl methyl sites for hydroxylation is 1. The van der Waals surface area contributed by atoms with Crippen LogP contribution in [0, 0.1) is 13.8 Å². The van der Waals surface area contributed by atoms with Gasteiger partial charge in [0, 0.05) is 31.2 Å². The van der Waals surface area contributed by atoms with Gasteiger partial charge in [0.15, 0.2) is 5.11 Å². The van der Waals surface area contributed by atoms with Crippen LogP contribution in [0.2, 0.25) is 0 Å². The summed E-state index contributed by atoms with van der Waals surface area (Å²) in [6.07, 6.45) is 2.93. The Morgan fingerprint density at radius 3 is 2.62 bits per heavy atom. The largest absolute Gasteiger partial charge is 0.352 e. The van der Waals surface area contributed by atoms with Crippen LogP contribution in [0.1, 0.15) is 41.1 Å². The molecule has 140 valence electrons. The second-order valence-electron chi connectivity index (χ2n) is 7.36. The average molecular weight is 372 g/mol. The maximum atomic E-state index is 5.72. The zero-order chi connectivity index (χ0) is 18.8. The summed E-state index contributed by atoms with van der Waals surface area (Å²) in [5.41, 5.74) is 4.93. The number of nitrogens with zero attached hydrogens (tertiary/aromatic N) is 4. The van der Waals surface area contributed by atoms with E-state index in [9.17, 15) is 0 Å². The monoisotopic (exact) mass is 371 g/mol. The van der Waals surface area contributed by atoms with Crippen LogP contribution in [0.25, 0.3) is 0 Å². The summed E-state index contributed by atoms with van der Waals surface area (Å²) < 4.78 is 2.25. The molecule has 1 aliphatic rings. The smallest absolute Gasteiger partial charge is 0.170 e. The maximum Gasteiger partial charge on any atom is 0.170 e. The van der Waals surface area contributed by atoms with Crippen LogP contribution in [0.5, 0.6) is 0 Å². The lowest BCUT2D eigenvalue weighted by molar-refractivity contribution is 0.292. The van der Waals surface area contributed by atoms with Gasteiger partial charge >= 0.3 is 0 Å². The first-order valence-corrected chi connectivity index (χ1v) is 9.56. The molecule has 0 spiro atoms. The Morgan fingerprint density at radius 2 is 2.04 bits per heavy atom. The average Bonchev–Trinajstić information content (AvgIpc) is 3.07. The Balaban J connectivity index is 1.97. The van der Waals surface area contributed by atoms with Crippen molar-refractivity contribution in [1.29, 1.82) is 0 Å². The Kier molecular flexibility index (Phi) is 5.63. The van der Waals surface area contributed by atoms with Crippen molar-refractivity contribution in [2.75, 3.05) is 27.2 Å². The highest BCUT2D eigenvalue weighted by Gasteiger charge is 2.40. The van der Waals surface area contributed by atoms with E-state index in [4.69, 9.17) is 12.2 Å². The van der Waals surface area contributed by atoms with E-state index in [-0.39, 0.29) is 12.1 Å². The molecule has 5 nitrogen and oxygen atoms in total. The predicted molar refractivity (Wildman–Crippen MR) is 110 cm³/mol. The van der Waals surface area contributed by atoms with Crippen LogP contribution < -0.4 is 5.32 Å². The van der Waals surface area contributed by atoms with Gasteiger partial charge in [-0.1, -0.05) is 6.07 Å². The Hall–Kier alpha value is -1.92. The molecule has 2 aromatic heterocycles. The van der Waals surface area contributed by atoms with Crippen LogP contribution in [-0.4, -0.2) is 51.6 Å². The summed E-state index contributed by atoms with van der Waals surface area (Å²) in [6.45, 7) is 6.33. The van der Waals surface area contributed by atoms with E-state index in [1.807, 2.05) is 18.3 Å². The highest BCUT2D eigenvalue weighted by atomic mass is 32.1. The fourth-order valence-corrected chi connectivity index (χ4v) is 4.06. The summed E-state index contributed by atoms with van der Waals surface area (Å²) in [4.78, 5) is 9.17. The first-order chi connectivity index (χ1) is 12.4. The first kappa shape index (κ1) is 18.9. The molecule has 0 aliphatic carbocycles. The van der Waals surface area contributed by atoms with Crippen LogP contribution in [-0.2, 0) is 7.05 Å². The molecule has 3 rings (SSSR count). The van der Waals surface area contributed by atoms with Gasteiger partial charge in [0.05, 0.1) is 17.8 Å². The van der Waals surface area contributed by atoms with Crippen molar-refractivity contribution in [2.45, 2.75) is 32.4 Å². The second kappa shape index (κ2) is 7.76. The summed E-state index contributed by atoms with van der Waals surface area (Å²) in [7, 11) is 6.35. The van der Waals surface area contributed by atoms with Gasteiger partial charge in [0.2, 0.25) is 0 Å². The summed E-state index contributed by atoms with van der Waals surface area (Å²) in [6, 6.07) is 8.62. The summed E-state index contributed by atoms with van der Waals surface area (Å²) in [5, 5.41) is 4.36. The molecule has 2 atom stereocenters. The number of rotatable bonds is 6. The third-order valence-electron chi connectivity index (χ3n) is 5.34. The molecule has 0 amide bonds. The second-order valence-corrected chi connectivity index (χ2v) is 7.75. The molecule has 26 heavy (non-hydrogen) atoms. The normalized spacial score (nSPS) is 20.1. The zero-order valence-electron chi connectivity index (χ0n) is 16.4. The highest BCUT2D eigenvalue weighted by molar-refractivity contribution is 7.80. The molecule has 0 aromatic carbocycles. The van der Waals surface area contributed by atoms with Crippen molar-refractivity contribution in [3.63, 3.8) is 0 Å². The molecule has 1 saturated heterocycles. The van der Waals surface area contributed by atoms with E-state index < -0.39 is 0 Å². The van der Waals surface area contributed by atoms with Gasteiger partial charge in [-0.2, -0.15) is 0 Å². The molecular weight excluding hydrogens is 342 g/mol. The highest BCUT2D eigenvalue weighted by Crippen LogP contribution is 2.40. The fraction of sp³-hybridized carbons (Fsp3) is 0.500. The standard InChI is InChI=1S/C20H29N5S/c1-14-13-16(15(2)24(14)5)19-18(17-9-6-7-10-21-17)22-20(26)25(19)12-8-11-23(3)4/h6-7,9-10,13,18-19H,8,11-12H2,1-5H3,(H,22,26)/t18-,19+/m0/s1. The Bertz CT molecular complexity index is 768. The molecule has 0 unspecified atom stereocenters. The van der Waals surface area contributed by atoms with Crippen LogP contribution in [0.4, 0.5) is 0 Å². The van der Waals surface area contributed by atoms with Crippen LogP contribution in [0.3, 0.4) is 0 Å². The van der Waals surface area contributed by atoms with E-state index in [0.717, 1.165) is 30.3 Å². The van der Waals surface area contributed by atoms with Gasteiger partial charge in [-0.25, -0.2) is 0 Å². The van der Waals surface area contributed by atoms with Crippen molar-refractivity contribution in [3.05, 3.63) is 53.1 Å². The van der Waals surface area contributed by atoms with E-state index in [1.54, 1.807) is 0 Å².